The van der Waals surface area contributed by atoms with E-state index in [1.165, 1.54) is 0 Å². The lowest BCUT2D eigenvalue weighted by Gasteiger charge is -2.20. The molecule has 0 radical (unpaired) electrons. The van der Waals surface area contributed by atoms with E-state index in [2.05, 4.69) is 5.16 Å². The van der Waals surface area contributed by atoms with Gasteiger partial charge in [-0.15, -0.1) is 0 Å². The molecule has 2 aromatic rings. The van der Waals surface area contributed by atoms with E-state index in [0.717, 1.165) is 23.9 Å². The van der Waals surface area contributed by atoms with Gasteiger partial charge >= 0.3 is 6.18 Å². The molecule has 9 heteroatoms. The van der Waals surface area contributed by atoms with Crippen molar-refractivity contribution in [3.8, 4) is 0 Å². The maximum atomic E-state index is 12.7. The summed E-state index contributed by atoms with van der Waals surface area (Å²) in [7, 11) is 0. The zero-order chi connectivity index (χ0) is 17.9. The van der Waals surface area contributed by atoms with Crippen LogP contribution in [0, 0.1) is 11.8 Å². The highest BCUT2D eigenvalue weighted by molar-refractivity contribution is 6.31. The van der Waals surface area contributed by atoms with Gasteiger partial charge in [-0.25, -0.2) is 0 Å². The van der Waals surface area contributed by atoms with Crippen LogP contribution in [0.25, 0.3) is 0 Å². The molecule has 1 saturated carbocycles. The van der Waals surface area contributed by atoms with E-state index in [0.29, 0.717) is 13.1 Å². The molecule has 1 amide bonds. The number of nitrogens with two attached hydrogens (primary N) is 1. The summed E-state index contributed by atoms with van der Waals surface area (Å²) >= 11 is 5.69. The van der Waals surface area contributed by atoms with Crippen LogP contribution in [0.15, 0.2) is 28.8 Å². The number of nitrogen functional groups attached to an aromatic ring is 1. The number of piperidine rings is 1. The molecule has 2 aliphatic rings. The Hall–Kier alpha value is -2.22. The van der Waals surface area contributed by atoms with Gasteiger partial charge in [0.1, 0.15) is 0 Å². The molecule has 25 heavy (non-hydrogen) atoms. The van der Waals surface area contributed by atoms with Gasteiger partial charge in [0.25, 0.3) is 5.91 Å². The average molecular weight is 372 g/mol. The summed E-state index contributed by atoms with van der Waals surface area (Å²) < 4.78 is 43.1. The number of amides is 1. The molecule has 1 aromatic heterocycles. The summed E-state index contributed by atoms with van der Waals surface area (Å²) in [6, 6.07) is 4.77. The van der Waals surface area contributed by atoms with Gasteiger partial charge in [0.05, 0.1) is 16.3 Å². The molecule has 2 unspecified atom stereocenters. The number of anilines is 1. The Morgan fingerprint density at radius 1 is 1.28 bits per heavy atom. The fourth-order valence-electron chi connectivity index (χ4n) is 3.65. The third-order valence-corrected chi connectivity index (χ3v) is 5.20. The molecule has 2 N–H and O–H groups in total. The summed E-state index contributed by atoms with van der Waals surface area (Å²) in [5.74, 6) is 0.714. The van der Waals surface area contributed by atoms with Crippen molar-refractivity contribution in [3.63, 3.8) is 0 Å². The number of carbonyl (C=O) groups excluding carboxylic acids is 1. The Morgan fingerprint density at radius 3 is 2.48 bits per heavy atom. The Balaban J connectivity index is 1.45. The molecular weight excluding hydrogens is 359 g/mol. The molecule has 2 fully saturated rings. The molecule has 2 atom stereocenters. The number of carbonyl (C=O) groups is 1. The number of alkyl halides is 3. The van der Waals surface area contributed by atoms with Crippen molar-refractivity contribution in [1.29, 1.82) is 0 Å². The standard InChI is InChI=1S/C16H13ClF3N3O2/c17-11-3-7(1-2-10(11)16(18,19)20)15(24)23-5-8-9(6-23)14(8)12-4-13(21)25-22-12/h1-4,8-9,14H,5-6,21H2. The SMILES string of the molecule is Nc1cc(C2C3CN(C(=O)c4ccc(C(F)(F)F)c(Cl)c4)CC32)no1. The number of hydrogen-bond acceptors (Lipinski definition) is 4. The highest BCUT2D eigenvalue weighted by Crippen LogP contribution is 2.58. The van der Waals surface area contributed by atoms with Crippen LogP contribution in [0.2, 0.25) is 5.02 Å². The number of benzene rings is 1. The summed E-state index contributed by atoms with van der Waals surface area (Å²) in [5.41, 5.74) is 5.51. The Labute approximate surface area is 145 Å². The van der Waals surface area contributed by atoms with E-state index in [9.17, 15) is 18.0 Å². The van der Waals surface area contributed by atoms with Gasteiger partial charge in [0.15, 0.2) is 0 Å². The number of aromatic nitrogens is 1. The Kier molecular flexibility index (Phi) is 3.50. The summed E-state index contributed by atoms with van der Waals surface area (Å²) in [4.78, 5) is 14.1. The Morgan fingerprint density at radius 2 is 1.96 bits per heavy atom. The molecule has 0 bridgehead atoms. The molecule has 4 rings (SSSR count). The van der Waals surface area contributed by atoms with Crippen molar-refractivity contribution in [2.75, 3.05) is 18.8 Å². The first-order chi connectivity index (χ1) is 11.8. The Bertz CT molecular complexity index is 839. The number of rotatable bonds is 2. The second kappa shape index (κ2) is 5.39. The van der Waals surface area contributed by atoms with E-state index in [1.54, 1.807) is 11.0 Å². The largest absolute Gasteiger partial charge is 0.417 e. The first kappa shape index (κ1) is 16.3. The minimum Gasteiger partial charge on any atom is -0.368 e. The van der Waals surface area contributed by atoms with Gasteiger partial charge in [-0.2, -0.15) is 13.2 Å². The van der Waals surface area contributed by atoms with Gasteiger partial charge in [0.2, 0.25) is 5.88 Å². The fraction of sp³-hybridized carbons (Fsp3) is 0.375. The summed E-state index contributed by atoms with van der Waals surface area (Å²) in [6.07, 6.45) is -4.54. The molecule has 5 nitrogen and oxygen atoms in total. The fourth-order valence-corrected chi connectivity index (χ4v) is 3.94. The maximum Gasteiger partial charge on any atom is 0.417 e. The van der Waals surface area contributed by atoms with Crippen LogP contribution < -0.4 is 5.73 Å². The molecule has 1 aromatic carbocycles. The molecule has 1 aliphatic heterocycles. The zero-order valence-electron chi connectivity index (χ0n) is 12.8. The van der Waals surface area contributed by atoms with E-state index >= 15 is 0 Å². The van der Waals surface area contributed by atoms with E-state index in [-0.39, 0.29) is 35.1 Å². The molecule has 2 heterocycles. The third-order valence-electron chi connectivity index (χ3n) is 4.89. The van der Waals surface area contributed by atoms with Crippen LogP contribution in [0.3, 0.4) is 0 Å². The minimum absolute atomic E-state index is 0.154. The lowest BCUT2D eigenvalue weighted by molar-refractivity contribution is -0.137. The predicted molar refractivity (Wildman–Crippen MR) is 83.0 cm³/mol. The number of fused-ring (bicyclic) bond motifs is 1. The monoisotopic (exact) mass is 371 g/mol. The topological polar surface area (TPSA) is 72.4 Å². The number of nitrogens with zero attached hydrogens (tertiary/aromatic N) is 2. The first-order valence-electron chi connectivity index (χ1n) is 7.64. The highest BCUT2D eigenvalue weighted by Gasteiger charge is 2.58. The summed E-state index contributed by atoms with van der Waals surface area (Å²) in [5, 5.41) is 3.43. The first-order valence-corrected chi connectivity index (χ1v) is 8.01. The van der Waals surface area contributed by atoms with Gasteiger partial charge < -0.3 is 15.2 Å². The van der Waals surface area contributed by atoms with Crippen LogP contribution >= 0.6 is 11.6 Å². The quantitative estimate of drug-likeness (QED) is 0.878. The van der Waals surface area contributed by atoms with Crippen molar-refractivity contribution >= 4 is 23.4 Å². The molecule has 0 spiro atoms. The van der Waals surface area contributed by atoms with Crippen LogP contribution in [-0.2, 0) is 6.18 Å². The molecular formula is C16H13ClF3N3O2. The van der Waals surface area contributed by atoms with Gasteiger partial charge in [0, 0.05) is 30.6 Å². The third kappa shape index (κ3) is 2.74. The second-order valence-electron chi connectivity index (χ2n) is 6.41. The van der Waals surface area contributed by atoms with E-state index < -0.39 is 16.8 Å². The normalized spacial score (nSPS) is 25.1. The number of hydrogen-bond donors (Lipinski definition) is 1. The summed E-state index contributed by atoms with van der Waals surface area (Å²) in [6.45, 7) is 1.05. The van der Waals surface area contributed by atoms with Crippen LogP contribution in [0.5, 0.6) is 0 Å². The van der Waals surface area contributed by atoms with Gasteiger partial charge in [-0.3, -0.25) is 4.79 Å². The smallest absolute Gasteiger partial charge is 0.368 e. The molecule has 132 valence electrons. The minimum atomic E-state index is -4.54. The second-order valence-corrected chi connectivity index (χ2v) is 6.82. The predicted octanol–water partition coefficient (Wildman–Crippen LogP) is 3.41. The van der Waals surface area contributed by atoms with Crippen molar-refractivity contribution in [2.45, 2.75) is 12.1 Å². The van der Waals surface area contributed by atoms with Crippen LogP contribution in [0.1, 0.15) is 27.5 Å². The lowest BCUT2D eigenvalue weighted by atomic mass is 10.1. The van der Waals surface area contributed by atoms with Gasteiger partial charge in [-0.05, 0) is 30.0 Å². The van der Waals surface area contributed by atoms with Crippen molar-refractivity contribution in [3.05, 3.63) is 46.1 Å². The van der Waals surface area contributed by atoms with Crippen LogP contribution in [0.4, 0.5) is 19.1 Å². The number of halogens is 4. The van der Waals surface area contributed by atoms with Gasteiger partial charge in [-0.1, -0.05) is 16.8 Å². The van der Waals surface area contributed by atoms with Crippen molar-refractivity contribution in [2.24, 2.45) is 11.8 Å². The van der Waals surface area contributed by atoms with Crippen molar-refractivity contribution < 1.29 is 22.5 Å². The lowest BCUT2D eigenvalue weighted by Crippen LogP contribution is -2.31. The number of likely N-dealkylation sites (tertiary alicyclic amines) is 1. The average Bonchev–Trinajstić information content (AvgIpc) is 2.88. The van der Waals surface area contributed by atoms with Crippen LogP contribution in [-0.4, -0.2) is 29.1 Å². The van der Waals surface area contributed by atoms with Crippen molar-refractivity contribution in [1.82, 2.24) is 10.1 Å². The zero-order valence-corrected chi connectivity index (χ0v) is 13.5. The molecule has 1 aliphatic carbocycles. The van der Waals surface area contributed by atoms with E-state index in [1.807, 2.05) is 0 Å². The highest BCUT2D eigenvalue weighted by atomic mass is 35.5. The van der Waals surface area contributed by atoms with E-state index in [4.69, 9.17) is 21.9 Å². The molecule has 1 saturated heterocycles. The maximum absolute atomic E-state index is 12.7.